The van der Waals surface area contributed by atoms with E-state index in [1.807, 2.05) is 33.8 Å². The molecular formula is C27H25FN8O3. The molecule has 39 heavy (non-hydrogen) atoms. The first-order chi connectivity index (χ1) is 18.6. The molecule has 0 radical (unpaired) electrons. The number of urea groups is 1. The maximum absolute atomic E-state index is 14.9. The van der Waals surface area contributed by atoms with Crippen LogP contribution in [-0.4, -0.2) is 35.7 Å². The Morgan fingerprint density at radius 1 is 1.05 bits per heavy atom. The van der Waals surface area contributed by atoms with Crippen molar-refractivity contribution >= 4 is 28.7 Å². The second-order valence-electron chi connectivity index (χ2n) is 9.87. The summed E-state index contributed by atoms with van der Waals surface area (Å²) in [5.41, 5.74) is 2.19. The number of aromatic nitrogens is 6. The fourth-order valence-electron chi connectivity index (χ4n) is 3.75. The number of hydrogen-bond donors (Lipinski definition) is 3. The van der Waals surface area contributed by atoms with Crippen molar-refractivity contribution in [3.05, 3.63) is 88.6 Å². The minimum atomic E-state index is -0.714. The molecule has 0 spiro atoms. The van der Waals surface area contributed by atoms with Gasteiger partial charge in [-0.25, -0.2) is 23.8 Å². The van der Waals surface area contributed by atoms with Crippen molar-refractivity contribution in [1.29, 1.82) is 0 Å². The van der Waals surface area contributed by atoms with Gasteiger partial charge in [0.25, 0.3) is 5.56 Å². The molecule has 0 aliphatic heterocycles. The van der Waals surface area contributed by atoms with Crippen molar-refractivity contribution < 1.29 is 13.9 Å². The standard InChI is InChI=1S/C27H25FN8O3/c1-15-9-16(13-29-12-15)36-22(11-21(35-36)27(2,3)4)33-26(38)32-19-6-5-17(10-18(19)28)39-20-7-8-30-25-24(20)31-14-23(37)34-25/h5-14H,1-4H3,(H,30,34,37)(H2,32,33,38). The molecule has 0 atom stereocenters. The predicted octanol–water partition coefficient (Wildman–Crippen LogP) is 5.08. The first kappa shape index (κ1) is 25.5. The Bertz CT molecular complexity index is 1760. The van der Waals surface area contributed by atoms with Gasteiger partial charge in [0, 0.05) is 36.0 Å². The number of hydrogen-bond acceptors (Lipinski definition) is 7. The lowest BCUT2D eigenvalue weighted by molar-refractivity contribution is 0.262. The number of aromatic amines is 1. The molecule has 198 valence electrons. The van der Waals surface area contributed by atoms with E-state index in [1.54, 1.807) is 29.2 Å². The number of rotatable bonds is 5. The van der Waals surface area contributed by atoms with Crippen LogP contribution in [0.25, 0.3) is 16.9 Å². The third kappa shape index (κ3) is 5.59. The molecule has 0 saturated carbocycles. The summed E-state index contributed by atoms with van der Waals surface area (Å²) in [5, 5.41) is 9.94. The monoisotopic (exact) mass is 528 g/mol. The normalized spacial score (nSPS) is 11.4. The molecule has 0 unspecified atom stereocenters. The Morgan fingerprint density at radius 3 is 2.62 bits per heavy atom. The molecule has 0 saturated heterocycles. The van der Waals surface area contributed by atoms with E-state index < -0.39 is 17.4 Å². The van der Waals surface area contributed by atoms with Gasteiger partial charge >= 0.3 is 6.03 Å². The number of carbonyl (C=O) groups excluding carboxylic acids is 1. The van der Waals surface area contributed by atoms with E-state index in [9.17, 15) is 14.0 Å². The molecule has 11 nitrogen and oxygen atoms in total. The van der Waals surface area contributed by atoms with Crippen molar-refractivity contribution in [1.82, 2.24) is 29.7 Å². The van der Waals surface area contributed by atoms with Gasteiger partial charge in [-0.05, 0) is 30.7 Å². The third-order valence-corrected chi connectivity index (χ3v) is 5.68. The van der Waals surface area contributed by atoms with Crippen LogP contribution < -0.4 is 20.9 Å². The molecule has 12 heteroatoms. The Morgan fingerprint density at radius 2 is 1.87 bits per heavy atom. The molecule has 0 aliphatic rings. The quantitative estimate of drug-likeness (QED) is 0.289. The SMILES string of the molecule is Cc1cncc(-n2nc(C(C)(C)C)cc2NC(=O)Nc2ccc(Oc3ccnc4[nH]c(=O)cnc34)cc2F)c1. The average molecular weight is 529 g/mol. The highest BCUT2D eigenvalue weighted by Crippen LogP contribution is 2.29. The number of H-pyrrole nitrogens is 1. The Balaban J connectivity index is 1.35. The van der Waals surface area contributed by atoms with Gasteiger partial charge in [-0.3, -0.25) is 15.1 Å². The Hall–Kier alpha value is -5.13. The summed E-state index contributed by atoms with van der Waals surface area (Å²) in [6, 6.07) is 8.57. The first-order valence-electron chi connectivity index (χ1n) is 12.0. The van der Waals surface area contributed by atoms with Crippen LogP contribution in [0.3, 0.4) is 0 Å². The number of amides is 2. The third-order valence-electron chi connectivity index (χ3n) is 5.68. The summed E-state index contributed by atoms with van der Waals surface area (Å²) in [4.78, 5) is 39.2. The molecule has 5 rings (SSSR count). The highest BCUT2D eigenvalue weighted by molar-refractivity contribution is 5.99. The van der Waals surface area contributed by atoms with E-state index >= 15 is 0 Å². The Kier molecular flexibility index (Phi) is 6.52. The second-order valence-corrected chi connectivity index (χ2v) is 9.87. The van der Waals surface area contributed by atoms with Gasteiger partial charge in [0.1, 0.15) is 22.9 Å². The van der Waals surface area contributed by atoms with E-state index in [2.05, 4.69) is 35.7 Å². The maximum atomic E-state index is 14.9. The highest BCUT2D eigenvalue weighted by Gasteiger charge is 2.22. The van der Waals surface area contributed by atoms with Gasteiger partial charge in [0.15, 0.2) is 11.4 Å². The number of anilines is 2. The fraction of sp³-hybridized carbons (Fsp3) is 0.185. The van der Waals surface area contributed by atoms with Crippen LogP contribution in [-0.2, 0) is 5.41 Å². The zero-order chi connectivity index (χ0) is 27.7. The van der Waals surface area contributed by atoms with E-state index in [1.165, 1.54) is 18.3 Å². The van der Waals surface area contributed by atoms with Crippen LogP contribution in [0, 0.1) is 12.7 Å². The minimum absolute atomic E-state index is 0.0544. The lowest BCUT2D eigenvalue weighted by Crippen LogP contribution is -2.22. The zero-order valence-corrected chi connectivity index (χ0v) is 21.6. The zero-order valence-electron chi connectivity index (χ0n) is 21.6. The lowest BCUT2D eigenvalue weighted by Gasteiger charge is -2.14. The van der Waals surface area contributed by atoms with Crippen molar-refractivity contribution in [2.24, 2.45) is 0 Å². The number of benzene rings is 1. The summed E-state index contributed by atoms with van der Waals surface area (Å²) >= 11 is 0. The van der Waals surface area contributed by atoms with Crippen molar-refractivity contribution in [2.45, 2.75) is 33.1 Å². The molecule has 0 fully saturated rings. The number of fused-ring (bicyclic) bond motifs is 1. The number of aryl methyl sites for hydroxylation is 1. The number of ether oxygens (including phenoxy) is 1. The predicted molar refractivity (Wildman–Crippen MR) is 144 cm³/mol. The molecule has 4 heterocycles. The molecule has 2 amide bonds. The maximum Gasteiger partial charge on any atom is 0.324 e. The summed E-state index contributed by atoms with van der Waals surface area (Å²) in [5.74, 6) is 0.135. The largest absolute Gasteiger partial charge is 0.455 e. The van der Waals surface area contributed by atoms with Crippen LogP contribution in [0.1, 0.15) is 32.0 Å². The van der Waals surface area contributed by atoms with E-state index in [4.69, 9.17) is 4.74 Å². The van der Waals surface area contributed by atoms with Crippen molar-refractivity contribution in [3.8, 4) is 17.2 Å². The number of carbonyl (C=O) groups is 1. The number of pyridine rings is 2. The molecule has 0 bridgehead atoms. The summed E-state index contributed by atoms with van der Waals surface area (Å²) < 4.78 is 22.3. The van der Waals surface area contributed by atoms with E-state index in [-0.39, 0.29) is 28.2 Å². The van der Waals surface area contributed by atoms with Crippen LogP contribution >= 0.6 is 0 Å². The second kappa shape index (κ2) is 9.97. The smallest absolute Gasteiger partial charge is 0.324 e. The van der Waals surface area contributed by atoms with Gasteiger partial charge in [-0.2, -0.15) is 5.10 Å². The van der Waals surface area contributed by atoms with Gasteiger partial charge < -0.3 is 15.0 Å². The average Bonchev–Trinajstić information content (AvgIpc) is 3.30. The van der Waals surface area contributed by atoms with Gasteiger partial charge in [0.05, 0.1) is 29.5 Å². The van der Waals surface area contributed by atoms with Gasteiger partial charge in [-0.1, -0.05) is 20.8 Å². The number of nitrogens with zero attached hydrogens (tertiary/aromatic N) is 5. The molecule has 5 aromatic rings. The van der Waals surface area contributed by atoms with Crippen molar-refractivity contribution in [2.75, 3.05) is 10.6 Å². The highest BCUT2D eigenvalue weighted by atomic mass is 19.1. The van der Waals surface area contributed by atoms with Crippen molar-refractivity contribution in [3.63, 3.8) is 0 Å². The lowest BCUT2D eigenvalue weighted by atomic mass is 9.92. The van der Waals surface area contributed by atoms with E-state index in [0.29, 0.717) is 17.0 Å². The first-order valence-corrected chi connectivity index (χ1v) is 12.0. The summed E-state index contributed by atoms with van der Waals surface area (Å²) in [7, 11) is 0. The molecule has 3 N–H and O–H groups in total. The fourth-order valence-corrected chi connectivity index (χ4v) is 3.75. The molecular weight excluding hydrogens is 503 g/mol. The number of halogens is 1. The number of nitrogens with one attached hydrogen (secondary N) is 3. The van der Waals surface area contributed by atoms with Gasteiger partial charge in [0.2, 0.25) is 0 Å². The minimum Gasteiger partial charge on any atom is -0.455 e. The summed E-state index contributed by atoms with van der Waals surface area (Å²) in [6.07, 6.45) is 5.92. The van der Waals surface area contributed by atoms with Crippen LogP contribution in [0.5, 0.6) is 11.5 Å². The summed E-state index contributed by atoms with van der Waals surface area (Å²) in [6.45, 7) is 7.96. The van der Waals surface area contributed by atoms with Crippen LogP contribution in [0.15, 0.2) is 66.0 Å². The van der Waals surface area contributed by atoms with Crippen LogP contribution in [0.2, 0.25) is 0 Å². The Labute approximate surface area is 222 Å². The van der Waals surface area contributed by atoms with Crippen LogP contribution in [0.4, 0.5) is 20.7 Å². The van der Waals surface area contributed by atoms with Gasteiger partial charge in [-0.15, -0.1) is 0 Å². The molecule has 4 aromatic heterocycles. The van der Waals surface area contributed by atoms with E-state index in [0.717, 1.165) is 23.5 Å². The topological polar surface area (TPSA) is 140 Å². The molecule has 0 aliphatic carbocycles. The molecule has 1 aromatic carbocycles.